The summed E-state index contributed by atoms with van der Waals surface area (Å²) in [5.74, 6) is 2.96. The van der Waals surface area contributed by atoms with Crippen LogP contribution in [-0.4, -0.2) is 8.32 Å². The minimum absolute atomic E-state index is 0.819. The normalized spacial score (nSPS) is 23.6. The summed E-state index contributed by atoms with van der Waals surface area (Å²) >= 11 is 0. The average Bonchev–Trinajstić information content (AvgIpc) is 2.02. The first-order valence-corrected chi connectivity index (χ1v) is 9.17. The standard InChI is InChI=1S/C12H24OSi/c1-10(2)11-6-8-12(9-7-11)13-14(3,4)5/h8,10-11H,6-7,9H2,1-5H3. The van der Waals surface area contributed by atoms with Crippen molar-refractivity contribution in [3.05, 3.63) is 11.8 Å². The zero-order valence-electron chi connectivity index (χ0n) is 10.3. The minimum Gasteiger partial charge on any atom is -0.548 e. The molecule has 1 aliphatic rings. The third-order valence-corrected chi connectivity index (χ3v) is 3.66. The zero-order valence-corrected chi connectivity index (χ0v) is 11.3. The Morgan fingerprint density at radius 2 is 2.00 bits per heavy atom. The molecular formula is C12H24OSi. The molecule has 1 aliphatic carbocycles. The van der Waals surface area contributed by atoms with E-state index in [1.807, 2.05) is 0 Å². The van der Waals surface area contributed by atoms with Crippen LogP contribution in [0.2, 0.25) is 19.6 Å². The van der Waals surface area contributed by atoms with E-state index in [1.54, 1.807) is 0 Å². The van der Waals surface area contributed by atoms with Crippen LogP contribution in [0.1, 0.15) is 33.1 Å². The van der Waals surface area contributed by atoms with Gasteiger partial charge in [0, 0.05) is 6.42 Å². The molecule has 0 amide bonds. The molecule has 0 saturated carbocycles. The summed E-state index contributed by atoms with van der Waals surface area (Å²) in [7, 11) is -1.36. The lowest BCUT2D eigenvalue weighted by molar-refractivity contribution is 0.300. The summed E-state index contributed by atoms with van der Waals surface area (Å²) in [5.41, 5.74) is 0. The molecule has 82 valence electrons. The van der Waals surface area contributed by atoms with E-state index in [0.29, 0.717) is 0 Å². The van der Waals surface area contributed by atoms with Crippen LogP contribution in [0.4, 0.5) is 0 Å². The number of hydrogen-bond acceptors (Lipinski definition) is 1. The molecule has 1 nitrogen and oxygen atoms in total. The van der Waals surface area contributed by atoms with Crippen molar-refractivity contribution in [3.8, 4) is 0 Å². The van der Waals surface area contributed by atoms with Gasteiger partial charge in [-0.15, -0.1) is 0 Å². The van der Waals surface area contributed by atoms with Crippen LogP contribution in [0.25, 0.3) is 0 Å². The molecule has 1 rings (SSSR count). The summed E-state index contributed by atoms with van der Waals surface area (Å²) in [6.45, 7) is 11.4. The van der Waals surface area contributed by atoms with Gasteiger partial charge in [-0.1, -0.05) is 13.8 Å². The van der Waals surface area contributed by atoms with Crippen molar-refractivity contribution in [2.45, 2.75) is 52.8 Å². The van der Waals surface area contributed by atoms with Gasteiger partial charge < -0.3 is 4.43 Å². The molecule has 0 aromatic rings. The lowest BCUT2D eigenvalue weighted by Gasteiger charge is -2.28. The van der Waals surface area contributed by atoms with Crippen LogP contribution in [0.3, 0.4) is 0 Å². The van der Waals surface area contributed by atoms with E-state index in [2.05, 4.69) is 39.6 Å². The molecule has 0 heterocycles. The maximum absolute atomic E-state index is 6.01. The second kappa shape index (κ2) is 4.52. The number of rotatable bonds is 3. The summed E-state index contributed by atoms with van der Waals surface area (Å²) in [6, 6.07) is 0. The van der Waals surface area contributed by atoms with E-state index >= 15 is 0 Å². The van der Waals surface area contributed by atoms with Crippen LogP contribution in [0.15, 0.2) is 11.8 Å². The van der Waals surface area contributed by atoms with Crippen molar-refractivity contribution in [1.82, 2.24) is 0 Å². The molecule has 0 saturated heterocycles. The van der Waals surface area contributed by atoms with Gasteiger partial charge in [-0.25, -0.2) is 0 Å². The summed E-state index contributed by atoms with van der Waals surface area (Å²) in [4.78, 5) is 0. The van der Waals surface area contributed by atoms with Gasteiger partial charge >= 0.3 is 0 Å². The Kier molecular flexibility index (Phi) is 3.82. The molecule has 0 aromatic heterocycles. The summed E-state index contributed by atoms with van der Waals surface area (Å²) in [6.07, 6.45) is 6.02. The second-order valence-corrected chi connectivity index (χ2v) is 10.1. The van der Waals surface area contributed by atoms with Gasteiger partial charge in [-0.05, 0) is 50.4 Å². The fourth-order valence-electron chi connectivity index (χ4n) is 1.92. The van der Waals surface area contributed by atoms with Crippen LogP contribution < -0.4 is 0 Å². The van der Waals surface area contributed by atoms with E-state index < -0.39 is 8.32 Å². The average molecular weight is 212 g/mol. The molecule has 0 spiro atoms. The molecule has 2 heteroatoms. The highest BCUT2D eigenvalue weighted by atomic mass is 28.4. The Morgan fingerprint density at radius 3 is 2.36 bits per heavy atom. The van der Waals surface area contributed by atoms with E-state index in [0.717, 1.165) is 18.3 Å². The van der Waals surface area contributed by atoms with Gasteiger partial charge in [-0.2, -0.15) is 0 Å². The molecule has 0 aliphatic heterocycles. The third kappa shape index (κ3) is 3.87. The van der Waals surface area contributed by atoms with Gasteiger partial charge in [0.2, 0.25) is 8.32 Å². The molecule has 0 bridgehead atoms. The monoisotopic (exact) mass is 212 g/mol. The van der Waals surface area contributed by atoms with Crippen LogP contribution >= 0.6 is 0 Å². The molecule has 1 atom stereocenters. The Morgan fingerprint density at radius 1 is 1.36 bits per heavy atom. The topological polar surface area (TPSA) is 9.23 Å². The fraction of sp³-hybridized carbons (Fsp3) is 0.833. The highest BCUT2D eigenvalue weighted by Gasteiger charge is 2.22. The number of hydrogen-bond donors (Lipinski definition) is 0. The lowest BCUT2D eigenvalue weighted by atomic mass is 9.85. The van der Waals surface area contributed by atoms with Crippen LogP contribution in [0, 0.1) is 11.8 Å². The largest absolute Gasteiger partial charge is 0.548 e. The Bertz CT molecular complexity index is 213. The van der Waals surface area contributed by atoms with Crippen molar-refractivity contribution < 1.29 is 4.43 Å². The first-order valence-electron chi connectivity index (χ1n) is 5.76. The van der Waals surface area contributed by atoms with Gasteiger partial charge in [0.15, 0.2) is 0 Å². The molecule has 14 heavy (non-hydrogen) atoms. The van der Waals surface area contributed by atoms with E-state index in [-0.39, 0.29) is 0 Å². The fourth-order valence-corrected chi connectivity index (χ4v) is 2.89. The molecule has 0 fully saturated rings. The van der Waals surface area contributed by atoms with Crippen molar-refractivity contribution >= 4 is 8.32 Å². The van der Waals surface area contributed by atoms with Crippen molar-refractivity contribution in [1.29, 1.82) is 0 Å². The maximum atomic E-state index is 6.01. The highest BCUT2D eigenvalue weighted by molar-refractivity contribution is 6.70. The van der Waals surface area contributed by atoms with Crippen LogP contribution in [0.5, 0.6) is 0 Å². The summed E-state index contributed by atoms with van der Waals surface area (Å²) in [5, 5.41) is 0. The van der Waals surface area contributed by atoms with Gasteiger partial charge in [0.25, 0.3) is 0 Å². The molecule has 0 N–H and O–H groups in total. The van der Waals surface area contributed by atoms with E-state index in [9.17, 15) is 0 Å². The maximum Gasteiger partial charge on any atom is 0.241 e. The third-order valence-electron chi connectivity index (χ3n) is 2.79. The lowest BCUT2D eigenvalue weighted by Crippen LogP contribution is -2.26. The van der Waals surface area contributed by atoms with Crippen molar-refractivity contribution in [2.24, 2.45) is 11.8 Å². The van der Waals surface area contributed by atoms with Crippen LogP contribution in [-0.2, 0) is 4.43 Å². The van der Waals surface area contributed by atoms with E-state index in [1.165, 1.54) is 18.6 Å². The Hall–Kier alpha value is -0.243. The van der Waals surface area contributed by atoms with E-state index in [4.69, 9.17) is 4.43 Å². The smallest absolute Gasteiger partial charge is 0.241 e. The highest BCUT2D eigenvalue weighted by Crippen LogP contribution is 2.30. The predicted octanol–water partition coefficient (Wildman–Crippen LogP) is 4.18. The number of allylic oxidation sites excluding steroid dienone is 2. The quantitative estimate of drug-likeness (QED) is 0.638. The van der Waals surface area contributed by atoms with Gasteiger partial charge in [0.05, 0.1) is 5.76 Å². The van der Waals surface area contributed by atoms with Gasteiger partial charge in [0.1, 0.15) is 0 Å². The predicted molar refractivity (Wildman–Crippen MR) is 64.7 cm³/mol. The summed E-state index contributed by atoms with van der Waals surface area (Å²) < 4.78 is 6.01. The minimum atomic E-state index is -1.36. The molecule has 0 radical (unpaired) electrons. The Labute approximate surface area is 89.7 Å². The molecule has 0 aromatic carbocycles. The van der Waals surface area contributed by atoms with Crippen molar-refractivity contribution in [2.75, 3.05) is 0 Å². The molecule has 1 unspecified atom stereocenters. The zero-order chi connectivity index (χ0) is 10.8. The molecular weight excluding hydrogens is 188 g/mol. The first-order chi connectivity index (χ1) is 6.38. The second-order valence-electron chi connectivity index (χ2n) is 5.66. The van der Waals surface area contributed by atoms with Crippen molar-refractivity contribution in [3.63, 3.8) is 0 Å². The van der Waals surface area contributed by atoms with Gasteiger partial charge in [-0.3, -0.25) is 0 Å². The first kappa shape index (κ1) is 11.8. The SMILES string of the molecule is CC(C)C1CC=C(O[Si](C)(C)C)CC1. The Balaban J connectivity index is 2.45.